The first-order valence-electron chi connectivity index (χ1n) is 10.9. The number of hydrogen-bond acceptors (Lipinski definition) is 6. The van der Waals surface area contributed by atoms with Crippen LogP contribution in [0.25, 0.3) is 0 Å². The molecule has 4 bridgehead atoms. The number of nitrogens with zero attached hydrogens (tertiary/aromatic N) is 1. The number of hydrogen-bond donors (Lipinski definition) is 0. The summed E-state index contributed by atoms with van der Waals surface area (Å²) < 4.78 is 10.6. The van der Waals surface area contributed by atoms with Gasteiger partial charge < -0.3 is 9.26 Å². The number of ether oxygens (including phenoxy) is 1. The van der Waals surface area contributed by atoms with Crippen LogP contribution in [0.3, 0.4) is 0 Å². The molecule has 4 aliphatic rings. The Bertz CT molecular complexity index is 930. The zero-order valence-electron chi connectivity index (χ0n) is 17.3. The molecule has 1 aromatic heterocycles. The van der Waals surface area contributed by atoms with Gasteiger partial charge in [0.2, 0.25) is 0 Å². The van der Waals surface area contributed by atoms with Crippen molar-refractivity contribution >= 4 is 23.5 Å². The minimum atomic E-state index is -0.424. The number of thioether (sulfide) groups is 1. The third-order valence-electron chi connectivity index (χ3n) is 7.12. The average Bonchev–Trinajstić information content (AvgIpc) is 3.14. The van der Waals surface area contributed by atoms with Crippen LogP contribution in [0.1, 0.15) is 60.3 Å². The molecule has 0 atom stereocenters. The van der Waals surface area contributed by atoms with Crippen molar-refractivity contribution in [3.05, 3.63) is 47.3 Å². The third kappa shape index (κ3) is 3.82. The molecule has 0 saturated heterocycles. The normalized spacial score (nSPS) is 29.2. The minimum Gasteiger partial charge on any atom is -0.454 e. The summed E-state index contributed by atoms with van der Waals surface area (Å²) in [6.45, 7) is 1.75. The number of Topliss-reactive ketones (excluding diaryl/α,β-unsaturated/α-hetero) is 1. The lowest BCUT2D eigenvalue weighted by molar-refractivity contribution is -0.147. The number of rotatable bonds is 7. The van der Waals surface area contributed by atoms with Gasteiger partial charge in [-0.05, 0) is 75.3 Å². The lowest BCUT2D eigenvalue weighted by Crippen LogP contribution is -2.51. The minimum absolute atomic E-state index is 0.105. The van der Waals surface area contributed by atoms with Gasteiger partial charge in [-0.25, -0.2) is 4.79 Å². The zero-order chi connectivity index (χ0) is 20.7. The van der Waals surface area contributed by atoms with Crippen LogP contribution in [0.15, 0.2) is 39.8 Å². The summed E-state index contributed by atoms with van der Waals surface area (Å²) in [5.74, 6) is 3.19. The van der Waals surface area contributed by atoms with Crippen molar-refractivity contribution in [1.82, 2.24) is 5.16 Å². The van der Waals surface area contributed by atoms with Crippen molar-refractivity contribution < 1.29 is 18.8 Å². The summed E-state index contributed by atoms with van der Waals surface area (Å²) in [4.78, 5) is 26.7. The molecule has 1 heterocycles. The predicted octanol–water partition coefficient (Wildman–Crippen LogP) is 5.22. The summed E-state index contributed by atoms with van der Waals surface area (Å²) in [7, 11) is 0. The van der Waals surface area contributed by atoms with Gasteiger partial charge in [0.1, 0.15) is 5.76 Å². The van der Waals surface area contributed by atoms with Gasteiger partial charge in [-0.15, -0.1) is 11.8 Å². The molecule has 0 spiro atoms. The number of ketones is 1. The monoisotopic (exact) mass is 425 g/mol. The van der Waals surface area contributed by atoms with Crippen LogP contribution in [0.4, 0.5) is 0 Å². The number of carbonyl (C=O) groups is 2. The third-order valence-corrected chi connectivity index (χ3v) is 8.23. The fourth-order valence-corrected chi connectivity index (χ4v) is 7.13. The highest BCUT2D eigenvalue weighted by Crippen LogP contribution is 2.60. The molecule has 0 amide bonds. The van der Waals surface area contributed by atoms with Crippen molar-refractivity contribution in [1.29, 1.82) is 0 Å². The zero-order valence-corrected chi connectivity index (χ0v) is 18.1. The van der Waals surface area contributed by atoms with E-state index in [0.717, 1.165) is 35.6 Å². The van der Waals surface area contributed by atoms with Crippen molar-refractivity contribution in [2.45, 2.75) is 56.1 Å². The number of aromatic nitrogens is 1. The van der Waals surface area contributed by atoms with E-state index in [0.29, 0.717) is 29.1 Å². The number of aryl methyl sites for hydroxylation is 1. The van der Waals surface area contributed by atoms with Gasteiger partial charge in [0.05, 0.1) is 11.3 Å². The first-order valence-corrected chi connectivity index (χ1v) is 11.8. The van der Waals surface area contributed by atoms with Gasteiger partial charge in [0, 0.05) is 22.1 Å². The smallest absolute Gasteiger partial charge is 0.339 e. The number of esters is 1. The summed E-state index contributed by atoms with van der Waals surface area (Å²) in [6.07, 6.45) is 6.88. The van der Waals surface area contributed by atoms with E-state index in [-0.39, 0.29) is 17.8 Å². The average molecular weight is 426 g/mol. The molecule has 4 fully saturated rings. The highest BCUT2D eigenvalue weighted by Gasteiger charge is 2.54. The van der Waals surface area contributed by atoms with E-state index in [2.05, 4.69) is 5.16 Å². The van der Waals surface area contributed by atoms with E-state index in [4.69, 9.17) is 9.26 Å². The van der Waals surface area contributed by atoms with Gasteiger partial charge in [0.15, 0.2) is 12.4 Å². The maximum atomic E-state index is 13.1. The Morgan fingerprint density at radius 1 is 1.13 bits per heavy atom. The number of carbonyl (C=O) groups excluding carboxylic acids is 2. The highest BCUT2D eigenvalue weighted by molar-refractivity contribution is 7.98. The molecule has 0 aliphatic heterocycles. The maximum absolute atomic E-state index is 13.1. The second-order valence-electron chi connectivity index (χ2n) is 9.41. The molecule has 0 unspecified atom stereocenters. The molecule has 2 aromatic rings. The quantitative estimate of drug-likeness (QED) is 0.448. The van der Waals surface area contributed by atoms with Gasteiger partial charge in [0.25, 0.3) is 0 Å². The fraction of sp³-hybridized carbons (Fsp3) is 0.542. The molecule has 30 heavy (non-hydrogen) atoms. The molecule has 5 nitrogen and oxygen atoms in total. The van der Waals surface area contributed by atoms with Crippen LogP contribution in [0.2, 0.25) is 0 Å². The summed E-state index contributed by atoms with van der Waals surface area (Å²) in [5, 5.41) is 4.00. The van der Waals surface area contributed by atoms with Crippen LogP contribution in [-0.2, 0) is 15.3 Å². The van der Waals surface area contributed by atoms with Gasteiger partial charge in [-0.3, -0.25) is 4.79 Å². The summed E-state index contributed by atoms with van der Waals surface area (Å²) in [5.41, 5.74) is 1.10. The van der Waals surface area contributed by atoms with Crippen LogP contribution >= 0.6 is 11.8 Å². The topological polar surface area (TPSA) is 69.4 Å². The Balaban J connectivity index is 1.22. The molecule has 1 aromatic carbocycles. The highest BCUT2D eigenvalue weighted by atomic mass is 32.2. The molecule has 4 saturated carbocycles. The van der Waals surface area contributed by atoms with Crippen LogP contribution < -0.4 is 0 Å². The molecule has 158 valence electrons. The first-order chi connectivity index (χ1) is 14.5. The Hall–Kier alpha value is -2.08. The largest absolute Gasteiger partial charge is 0.454 e. The molecule has 0 radical (unpaired) electrons. The van der Waals surface area contributed by atoms with Crippen molar-refractivity contribution in [3.8, 4) is 0 Å². The van der Waals surface area contributed by atoms with Gasteiger partial charge >= 0.3 is 5.97 Å². The van der Waals surface area contributed by atoms with E-state index < -0.39 is 5.97 Å². The Morgan fingerprint density at radius 2 is 1.80 bits per heavy atom. The maximum Gasteiger partial charge on any atom is 0.339 e. The Kier molecular flexibility index (Phi) is 5.21. The SMILES string of the molecule is Cc1cc(CSc2ccccc2C(=O)OCC(=O)C23CC4CC(CC(C4)C2)C3)no1. The Labute approximate surface area is 180 Å². The summed E-state index contributed by atoms with van der Waals surface area (Å²) in [6, 6.07) is 9.26. The molecule has 6 heteroatoms. The van der Waals surface area contributed by atoms with E-state index in [9.17, 15) is 9.59 Å². The van der Waals surface area contributed by atoms with E-state index >= 15 is 0 Å². The van der Waals surface area contributed by atoms with Crippen molar-refractivity contribution in [2.75, 3.05) is 6.61 Å². The van der Waals surface area contributed by atoms with Crippen LogP contribution in [-0.4, -0.2) is 23.5 Å². The van der Waals surface area contributed by atoms with E-state index in [1.165, 1.54) is 31.0 Å². The van der Waals surface area contributed by atoms with E-state index in [1.54, 1.807) is 6.07 Å². The molecule has 6 rings (SSSR count). The fourth-order valence-electron chi connectivity index (χ4n) is 6.21. The second kappa shape index (κ2) is 7.88. The van der Waals surface area contributed by atoms with Gasteiger partial charge in [-0.1, -0.05) is 17.3 Å². The number of benzene rings is 1. The van der Waals surface area contributed by atoms with Crippen molar-refractivity contribution in [3.63, 3.8) is 0 Å². The Morgan fingerprint density at radius 3 is 2.43 bits per heavy atom. The standard InChI is InChI=1S/C24H27NO4S/c1-15-6-19(25-29-15)14-30-21-5-3-2-4-20(21)23(27)28-13-22(26)24-10-16-7-17(11-24)9-18(8-16)12-24/h2-6,16-18H,7-14H2,1H3. The molecular formula is C24H27NO4S. The molecule has 0 N–H and O–H groups in total. The lowest BCUT2D eigenvalue weighted by Gasteiger charge is -2.55. The lowest BCUT2D eigenvalue weighted by atomic mass is 9.48. The van der Waals surface area contributed by atoms with E-state index in [1.807, 2.05) is 31.2 Å². The second-order valence-corrected chi connectivity index (χ2v) is 10.4. The van der Waals surface area contributed by atoms with Crippen LogP contribution in [0, 0.1) is 30.1 Å². The van der Waals surface area contributed by atoms with Crippen molar-refractivity contribution in [2.24, 2.45) is 23.2 Å². The predicted molar refractivity (Wildman–Crippen MR) is 113 cm³/mol. The first kappa shape index (κ1) is 19.9. The van der Waals surface area contributed by atoms with Gasteiger partial charge in [-0.2, -0.15) is 0 Å². The molecular weight excluding hydrogens is 398 g/mol. The molecule has 4 aliphatic carbocycles. The van der Waals surface area contributed by atoms with Crippen LogP contribution in [0.5, 0.6) is 0 Å². The summed E-state index contributed by atoms with van der Waals surface area (Å²) >= 11 is 1.52.